The van der Waals surface area contributed by atoms with E-state index < -0.39 is 12.1 Å². The smallest absolute Gasteiger partial charge is 0.253 e. The molecule has 34 heavy (non-hydrogen) atoms. The van der Waals surface area contributed by atoms with E-state index in [1.165, 1.54) is 0 Å². The Balaban J connectivity index is 2.18. The predicted molar refractivity (Wildman–Crippen MR) is 135 cm³/mol. The minimum Gasteiger partial charge on any atom is -0.395 e. The van der Waals surface area contributed by atoms with Crippen molar-refractivity contribution in [3.05, 3.63) is 71.3 Å². The zero-order valence-electron chi connectivity index (χ0n) is 20.5. The van der Waals surface area contributed by atoms with E-state index in [4.69, 9.17) is 0 Å². The molecule has 4 N–H and O–H groups in total. The lowest BCUT2D eigenvalue weighted by atomic mass is 10.00. The molecule has 3 atom stereocenters. The van der Waals surface area contributed by atoms with Crippen LogP contribution in [0.4, 0.5) is 0 Å². The first-order valence-corrected chi connectivity index (χ1v) is 12.2. The van der Waals surface area contributed by atoms with Crippen LogP contribution in [0, 0.1) is 0 Å². The molecule has 0 aliphatic carbocycles. The highest BCUT2D eigenvalue weighted by atomic mass is 16.3. The van der Waals surface area contributed by atoms with E-state index >= 15 is 0 Å². The minimum absolute atomic E-state index is 0.0453. The summed E-state index contributed by atoms with van der Waals surface area (Å²) in [7, 11) is 0. The number of hydrogen-bond acceptors (Lipinski definition) is 5. The first-order chi connectivity index (χ1) is 16.4. The number of nitrogens with zero attached hydrogens (tertiary/aromatic N) is 1. The molecule has 0 radical (unpaired) electrons. The van der Waals surface area contributed by atoms with Gasteiger partial charge in [0.2, 0.25) is 0 Å². The Bertz CT molecular complexity index is 884. The molecule has 0 unspecified atom stereocenters. The summed E-state index contributed by atoms with van der Waals surface area (Å²) in [5.74, 6) is -0.427. The molecular weight excluding hydrogens is 430 g/mol. The fourth-order valence-electron chi connectivity index (χ4n) is 3.76. The van der Waals surface area contributed by atoms with Gasteiger partial charge in [0, 0.05) is 36.8 Å². The van der Waals surface area contributed by atoms with Crippen LogP contribution < -0.4 is 10.6 Å². The van der Waals surface area contributed by atoms with Crippen molar-refractivity contribution in [2.75, 3.05) is 26.2 Å². The van der Waals surface area contributed by atoms with Gasteiger partial charge in [-0.2, -0.15) is 0 Å². The monoisotopic (exact) mass is 469 g/mol. The topological polar surface area (TPSA) is 102 Å². The van der Waals surface area contributed by atoms with Gasteiger partial charge in [0.25, 0.3) is 11.8 Å². The van der Waals surface area contributed by atoms with Crippen LogP contribution in [-0.2, 0) is 6.42 Å². The number of hydrogen-bond donors (Lipinski definition) is 4. The number of benzene rings is 2. The van der Waals surface area contributed by atoms with Crippen LogP contribution in [0.5, 0.6) is 0 Å². The van der Waals surface area contributed by atoms with E-state index in [-0.39, 0.29) is 31.0 Å². The average molecular weight is 470 g/mol. The van der Waals surface area contributed by atoms with Gasteiger partial charge in [-0.1, -0.05) is 50.2 Å². The molecule has 2 aromatic rings. The molecule has 7 heteroatoms. The van der Waals surface area contributed by atoms with E-state index in [1.807, 2.05) is 56.0 Å². The van der Waals surface area contributed by atoms with Crippen LogP contribution in [0.25, 0.3) is 0 Å². The molecule has 0 fully saturated rings. The van der Waals surface area contributed by atoms with Crippen molar-refractivity contribution >= 4 is 11.8 Å². The number of aliphatic hydroxyl groups excluding tert-OH is 2. The molecule has 0 bridgehead atoms. The molecule has 186 valence electrons. The van der Waals surface area contributed by atoms with Crippen molar-refractivity contribution < 1.29 is 19.8 Å². The Morgan fingerprint density at radius 3 is 2.24 bits per heavy atom. The molecule has 0 heterocycles. The van der Waals surface area contributed by atoms with Crippen LogP contribution in [0.3, 0.4) is 0 Å². The van der Waals surface area contributed by atoms with E-state index in [1.54, 1.807) is 24.3 Å². The van der Waals surface area contributed by atoms with Gasteiger partial charge in [-0.15, -0.1) is 0 Å². The van der Waals surface area contributed by atoms with Crippen molar-refractivity contribution in [3.63, 3.8) is 0 Å². The van der Waals surface area contributed by atoms with Gasteiger partial charge in [0.1, 0.15) is 0 Å². The van der Waals surface area contributed by atoms with Crippen molar-refractivity contribution in [1.82, 2.24) is 15.5 Å². The standard InChI is InChI=1S/C27H39N3O4/c1-4-14-30(15-5-2)27(34)23-13-9-12-22(17-23)26(33)29-24(16-21-10-7-6-8-11-21)25(32)18-28-20(3)19-31/h6-13,17,20,24-25,28,31-32H,4-5,14-16,18-19H2,1-3H3,(H,29,33)/t20-,24-,25+/m0/s1. The highest BCUT2D eigenvalue weighted by Gasteiger charge is 2.24. The maximum absolute atomic E-state index is 13.1. The Labute approximate surface area is 203 Å². The third-order valence-electron chi connectivity index (χ3n) is 5.67. The second kappa shape index (κ2) is 14.5. The van der Waals surface area contributed by atoms with E-state index in [0.717, 1.165) is 18.4 Å². The summed E-state index contributed by atoms with van der Waals surface area (Å²) >= 11 is 0. The molecule has 0 spiro atoms. The SMILES string of the molecule is CCCN(CCC)C(=O)c1cccc(C(=O)N[C@@H](Cc2ccccc2)[C@H](O)CN[C@@H](C)CO)c1. The molecule has 0 aliphatic rings. The normalized spacial score (nSPS) is 13.7. The van der Waals surface area contributed by atoms with Gasteiger partial charge in [0.05, 0.1) is 18.8 Å². The molecule has 2 rings (SSSR count). The molecule has 0 aromatic heterocycles. The molecule has 7 nitrogen and oxygen atoms in total. The van der Waals surface area contributed by atoms with E-state index in [0.29, 0.717) is 30.6 Å². The van der Waals surface area contributed by atoms with Gasteiger partial charge >= 0.3 is 0 Å². The fraction of sp³-hybridized carbons (Fsp3) is 0.481. The summed E-state index contributed by atoms with van der Waals surface area (Å²) in [5, 5.41) is 26.1. The number of carbonyl (C=O) groups is 2. The third-order valence-corrected chi connectivity index (χ3v) is 5.67. The second-order valence-corrected chi connectivity index (χ2v) is 8.70. The number of carbonyl (C=O) groups excluding carboxylic acids is 2. The van der Waals surface area contributed by atoms with Crippen molar-refractivity contribution in [1.29, 1.82) is 0 Å². The van der Waals surface area contributed by atoms with E-state index in [9.17, 15) is 19.8 Å². The Morgan fingerprint density at radius 2 is 1.62 bits per heavy atom. The third kappa shape index (κ3) is 8.56. The predicted octanol–water partition coefficient (Wildman–Crippen LogP) is 2.62. The van der Waals surface area contributed by atoms with E-state index in [2.05, 4.69) is 10.6 Å². The molecule has 0 saturated heterocycles. The quantitative estimate of drug-likeness (QED) is 0.341. The zero-order chi connectivity index (χ0) is 24.9. The zero-order valence-corrected chi connectivity index (χ0v) is 20.5. The number of rotatable bonds is 14. The van der Waals surface area contributed by atoms with Crippen LogP contribution in [0.15, 0.2) is 54.6 Å². The Hall–Kier alpha value is -2.74. The highest BCUT2D eigenvalue weighted by molar-refractivity contribution is 5.99. The summed E-state index contributed by atoms with van der Waals surface area (Å²) in [4.78, 5) is 27.9. The molecule has 0 aliphatic heterocycles. The summed E-state index contributed by atoms with van der Waals surface area (Å²) in [6.07, 6.45) is 1.32. The Kier molecular flexibility index (Phi) is 11.7. The van der Waals surface area contributed by atoms with Gasteiger partial charge in [-0.3, -0.25) is 9.59 Å². The lowest BCUT2D eigenvalue weighted by Gasteiger charge is -2.26. The van der Waals surface area contributed by atoms with Crippen LogP contribution in [-0.4, -0.2) is 71.4 Å². The maximum atomic E-state index is 13.1. The maximum Gasteiger partial charge on any atom is 0.253 e. The molecule has 0 saturated carbocycles. The minimum atomic E-state index is -0.868. The lowest BCUT2D eigenvalue weighted by molar-refractivity contribution is 0.0755. The fourth-order valence-corrected chi connectivity index (χ4v) is 3.76. The summed E-state index contributed by atoms with van der Waals surface area (Å²) in [5.41, 5.74) is 1.84. The Morgan fingerprint density at radius 1 is 0.971 bits per heavy atom. The number of nitrogens with one attached hydrogen (secondary N) is 2. The van der Waals surface area contributed by atoms with Gasteiger partial charge in [-0.05, 0) is 49.9 Å². The van der Waals surface area contributed by atoms with Gasteiger partial charge in [-0.25, -0.2) is 0 Å². The number of aliphatic hydroxyl groups is 2. The molecular formula is C27H39N3O4. The first-order valence-electron chi connectivity index (χ1n) is 12.2. The van der Waals surface area contributed by atoms with Crippen LogP contribution in [0.2, 0.25) is 0 Å². The summed E-state index contributed by atoms with van der Waals surface area (Å²) in [6.45, 7) is 7.42. The van der Waals surface area contributed by atoms with Gasteiger partial charge in [0.15, 0.2) is 0 Å². The molecule has 2 amide bonds. The largest absolute Gasteiger partial charge is 0.395 e. The van der Waals surface area contributed by atoms with Crippen LogP contribution >= 0.6 is 0 Å². The molecule has 2 aromatic carbocycles. The van der Waals surface area contributed by atoms with Crippen molar-refractivity contribution in [2.45, 2.75) is 58.2 Å². The van der Waals surface area contributed by atoms with Crippen LogP contribution in [0.1, 0.15) is 59.9 Å². The van der Waals surface area contributed by atoms with Crippen molar-refractivity contribution in [3.8, 4) is 0 Å². The second-order valence-electron chi connectivity index (χ2n) is 8.70. The summed E-state index contributed by atoms with van der Waals surface area (Å²) < 4.78 is 0. The number of amides is 2. The lowest BCUT2D eigenvalue weighted by Crippen LogP contribution is -2.50. The van der Waals surface area contributed by atoms with Crippen molar-refractivity contribution in [2.24, 2.45) is 0 Å². The average Bonchev–Trinajstić information content (AvgIpc) is 2.86. The van der Waals surface area contributed by atoms with Gasteiger partial charge < -0.3 is 25.7 Å². The highest BCUT2D eigenvalue weighted by Crippen LogP contribution is 2.12. The summed E-state index contributed by atoms with van der Waals surface area (Å²) in [6, 6.07) is 15.7. The first kappa shape index (κ1) is 27.5.